The van der Waals surface area contributed by atoms with Gasteiger partial charge in [-0.3, -0.25) is 9.48 Å². The van der Waals surface area contributed by atoms with Gasteiger partial charge in [-0.2, -0.15) is 5.10 Å². The molecule has 0 atom stereocenters. The number of carbonyl (C=O) groups is 1. The first-order chi connectivity index (χ1) is 13.1. The summed E-state index contributed by atoms with van der Waals surface area (Å²) in [4.78, 5) is 15.0. The lowest BCUT2D eigenvalue weighted by atomic mass is 10.1. The molecule has 1 aliphatic rings. The molecule has 4 rings (SSSR count). The van der Waals surface area contributed by atoms with E-state index in [0.29, 0.717) is 22.6 Å². The summed E-state index contributed by atoms with van der Waals surface area (Å²) in [5, 5.41) is 15.7. The van der Waals surface area contributed by atoms with Crippen molar-refractivity contribution in [3.8, 4) is 5.69 Å². The highest BCUT2D eigenvalue weighted by Crippen LogP contribution is 2.23. The van der Waals surface area contributed by atoms with Crippen molar-refractivity contribution in [3.63, 3.8) is 0 Å². The van der Waals surface area contributed by atoms with Crippen LogP contribution in [0.4, 0.5) is 5.82 Å². The quantitative estimate of drug-likeness (QED) is 0.746. The van der Waals surface area contributed by atoms with Gasteiger partial charge < -0.3 is 10.2 Å². The van der Waals surface area contributed by atoms with E-state index < -0.39 is 0 Å². The number of nitrogens with one attached hydrogen (secondary N) is 1. The number of amides is 1. The second kappa shape index (κ2) is 7.50. The summed E-state index contributed by atoms with van der Waals surface area (Å²) in [5.74, 6) is 0.166. The Hall–Kier alpha value is -2.71. The van der Waals surface area contributed by atoms with E-state index in [2.05, 4.69) is 32.7 Å². The molecule has 0 aliphatic carbocycles. The van der Waals surface area contributed by atoms with Crippen molar-refractivity contribution >= 4 is 23.3 Å². The maximum atomic E-state index is 12.7. The van der Waals surface area contributed by atoms with E-state index in [1.807, 2.05) is 23.0 Å². The van der Waals surface area contributed by atoms with Gasteiger partial charge >= 0.3 is 0 Å². The molecule has 8 nitrogen and oxygen atoms in total. The van der Waals surface area contributed by atoms with Crippen LogP contribution in [0.5, 0.6) is 0 Å². The molecule has 0 bridgehead atoms. The lowest BCUT2D eigenvalue weighted by molar-refractivity contribution is 0.101. The fraction of sp³-hybridized carbons (Fsp3) is 0.333. The summed E-state index contributed by atoms with van der Waals surface area (Å²) in [6.45, 7) is 2.10. The van der Waals surface area contributed by atoms with E-state index in [1.165, 1.54) is 10.9 Å². The largest absolute Gasteiger partial charge is 0.306 e. The van der Waals surface area contributed by atoms with Crippen molar-refractivity contribution in [3.05, 3.63) is 53.4 Å². The fourth-order valence-corrected chi connectivity index (χ4v) is 3.45. The summed E-state index contributed by atoms with van der Waals surface area (Å²) >= 11 is 6.21. The number of halogens is 1. The average molecular weight is 386 g/mol. The highest BCUT2D eigenvalue weighted by atomic mass is 35.5. The second-order valence-corrected chi connectivity index (χ2v) is 7.06. The number of anilines is 1. The third-order valence-electron chi connectivity index (χ3n) is 4.77. The van der Waals surface area contributed by atoms with Crippen LogP contribution in [0.2, 0.25) is 5.02 Å². The van der Waals surface area contributed by atoms with Crippen LogP contribution in [-0.2, 0) is 0 Å². The number of nitrogens with zero attached hydrogens (tertiary/aromatic N) is 6. The summed E-state index contributed by atoms with van der Waals surface area (Å²) in [6.07, 6.45) is 5.42. The summed E-state index contributed by atoms with van der Waals surface area (Å²) < 4.78 is 3.36. The summed E-state index contributed by atoms with van der Waals surface area (Å²) in [6, 6.07) is 9.33. The van der Waals surface area contributed by atoms with Gasteiger partial charge in [-0.25, -0.2) is 4.68 Å². The lowest BCUT2D eigenvalue weighted by Crippen LogP contribution is -2.31. The molecule has 0 spiro atoms. The van der Waals surface area contributed by atoms with Crippen molar-refractivity contribution in [2.45, 2.75) is 18.9 Å². The SMILES string of the molecule is CN1CCC(n2ccc(NC(=O)c3cnnn3-c3ccccc3Cl)n2)CC1. The number of benzene rings is 1. The van der Waals surface area contributed by atoms with E-state index in [0.717, 1.165) is 25.9 Å². The predicted molar refractivity (Wildman–Crippen MR) is 102 cm³/mol. The van der Waals surface area contributed by atoms with Gasteiger partial charge in [-0.1, -0.05) is 28.9 Å². The van der Waals surface area contributed by atoms with E-state index in [-0.39, 0.29) is 11.6 Å². The smallest absolute Gasteiger partial charge is 0.277 e. The number of hydrogen-bond donors (Lipinski definition) is 1. The third kappa shape index (κ3) is 3.72. The molecule has 0 saturated carbocycles. The Labute approximate surface area is 161 Å². The maximum Gasteiger partial charge on any atom is 0.277 e. The first kappa shape index (κ1) is 17.7. The number of likely N-dealkylation sites (tertiary alicyclic amines) is 1. The minimum Gasteiger partial charge on any atom is -0.306 e. The van der Waals surface area contributed by atoms with Crippen LogP contribution >= 0.6 is 11.6 Å². The number of para-hydroxylation sites is 1. The van der Waals surface area contributed by atoms with Crippen molar-refractivity contribution in [1.82, 2.24) is 29.7 Å². The number of aromatic nitrogens is 5. The fourth-order valence-electron chi connectivity index (χ4n) is 3.24. The van der Waals surface area contributed by atoms with Crippen LogP contribution in [0.25, 0.3) is 5.69 Å². The molecule has 9 heteroatoms. The third-order valence-corrected chi connectivity index (χ3v) is 5.09. The van der Waals surface area contributed by atoms with Gasteiger partial charge in [0.25, 0.3) is 5.91 Å². The van der Waals surface area contributed by atoms with Gasteiger partial charge in [0.05, 0.1) is 22.9 Å². The van der Waals surface area contributed by atoms with Crippen molar-refractivity contribution in [2.75, 3.05) is 25.5 Å². The van der Waals surface area contributed by atoms with Crippen LogP contribution in [0.3, 0.4) is 0 Å². The molecule has 3 heterocycles. The highest BCUT2D eigenvalue weighted by Gasteiger charge is 2.20. The molecule has 1 amide bonds. The van der Waals surface area contributed by atoms with Gasteiger partial charge in [-0.15, -0.1) is 5.10 Å². The second-order valence-electron chi connectivity index (χ2n) is 6.65. The first-order valence-corrected chi connectivity index (χ1v) is 9.20. The Balaban J connectivity index is 1.50. The topological polar surface area (TPSA) is 80.9 Å². The zero-order valence-electron chi connectivity index (χ0n) is 14.9. The molecule has 0 radical (unpaired) electrons. The van der Waals surface area contributed by atoms with Gasteiger partial charge in [0.15, 0.2) is 11.5 Å². The molecular formula is C18H20ClN7O. The average Bonchev–Trinajstić information content (AvgIpc) is 3.32. The van der Waals surface area contributed by atoms with Gasteiger partial charge in [0, 0.05) is 12.3 Å². The van der Waals surface area contributed by atoms with E-state index >= 15 is 0 Å². The molecule has 1 saturated heterocycles. The van der Waals surface area contributed by atoms with Gasteiger partial charge in [0.2, 0.25) is 0 Å². The van der Waals surface area contributed by atoms with Crippen molar-refractivity contribution in [2.24, 2.45) is 0 Å². The minimum atomic E-state index is -0.339. The monoisotopic (exact) mass is 385 g/mol. The number of carbonyl (C=O) groups excluding carboxylic acids is 1. The van der Waals surface area contributed by atoms with Crippen LogP contribution in [0.15, 0.2) is 42.7 Å². The number of rotatable bonds is 4. The number of piperidine rings is 1. The molecular weight excluding hydrogens is 366 g/mol. The normalized spacial score (nSPS) is 15.8. The summed E-state index contributed by atoms with van der Waals surface area (Å²) in [5.41, 5.74) is 0.885. The molecule has 0 unspecified atom stereocenters. The van der Waals surface area contributed by atoms with Crippen LogP contribution < -0.4 is 5.32 Å². The maximum absolute atomic E-state index is 12.7. The molecule has 1 fully saturated rings. The van der Waals surface area contributed by atoms with Gasteiger partial charge in [0.1, 0.15) is 0 Å². The first-order valence-electron chi connectivity index (χ1n) is 8.82. The van der Waals surface area contributed by atoms with Gasteiger partial charge in [-0.05, 0) is 45.1 Å². The highest BCUT2D eigenvalue weighted by molar-refractivity contribution is 6.32. The Morgan fingerprint density at radius 3 is 2.78 bits per heavy atom. The van der Waals surface area contributed by atoms with Crippen molar-refractivity contribution < 1.29 is 4.79 Å². The Kier molecular flexibility index (Phi) is 4.91. The van der Waals surface area contributed by atoms with E-state index in [9.17, 15) is 4.79 Å². The molecule has 3 aromatic rings. The molecule has 2 aromatic heterocycles. The zero-order chi connectivity index (χ0) is 18.8. The lowest BCUT2D eigenvalue weighted by Gasteiger charge is -2.28. The Morgan fingerprint density at radius 1 is 1.22 bits per heavy atom. The Morgan fingerprint density at radius 2 is 2.00 bits per heavy atom. The van der Waals surface area contributed by atoms with Crippen LogP contribution in [0.1, 0.15) is 29.4 Å². The Bertz CT molecular complexity index is 943. The van der Waals surface area contributed by atoms with E-state index in [1.54, 1.807) is 18.2 Å². The molecule has 1 N–H and O–H groups in total. The van der Waals surface area contributed by atoms with Crippen LogP contribution in [0, 0.1) is 0 Å². The van der Waals surface area contributed by atoms with Crippen LogP contribution in [-0.4, -0.2) is 55.7 Å². The standard InChI is InChI=1S/C18H20ClN7O/c1-24-9-6-13(7-10-24)25-11-8-17(22-25)21-18(27)16-12-20-23-26(16)15-5-3-2-4-14(15)19/h2-5,8,11-13H,6-7,9-10H2,1H3,(H,21,22,27). The molecule has 1 aliphatic heterocycles. The van der Waals surface area contributed by atoms with E-state index in [4.69, 9.17) is 11.6 Å². The molecule has 140 valence electrons. The van der Waals surface area contributed by atoms with Crippen molar-refractivity contribution in [1.29, 1.82) is 0 Å². The zero-order valence-corrected chi connectivity index (χ0v) is 15.7. The predicted octanol–water partition coefficient (Wildman–Crippen LogP) is 2.64. The summed E-state index contributed by atoms with van der Waals surface area (Å²) in [7, 11) is 2.13. The molecule has 27 heavy (non-hydrogen) atoms. The molecule has 1 aromatic carbocycles. The number of hydrogen-bond acceptors (Lipinski definition) is 5. The minimum absolute atomic E-state index is 0.289.